The maximum Gasteiger partial charge on any atom is 0.137 e. The van der Waals surface area contributed by atoms with E-state index < -0.39 is 0 Å². The predicted octanol–water partition coefficient (Wildman–Crippen LogP) is 3.98. The Kier molecular flexibility index (Phi) is 4.80. The van der Waals surface area contributed by atoms with Crippen LogP contribution in [0.2, 0.25) is 0 Å². The van der Waals surface area contributed by atoms with E-state index in [1.807, 2.05) is 25.1 Å². The fourth-order valence-corrected chi connectivity index (χ4v) is 2.90. The summed E-state index contributed by atoms with van der Waals surface area (Å²) in [6.45, 7) is 2.61. The summed E-state index contributed by atoms with van der Waals surface area (Å²) < 4.78 is 6.90. The van der Waals surface area contributed by atoms with Crippen LogP contribution in [0.25, 0.3) is 0 Å². The van der Waals surface area contributed by atoms with E-state index in [2.05, 4.69) is 33.4 Å². The Morgan fingerprint density at radius 2 is 2.17 bits per heavy atom. The topological polar surface area (TPSA) is 35.2 Å². The van der Waals surface area contributed by atoms with E-state index in [1.54, 1.807) is 11.3 Å². The monoisotopic (exact) mass is 325 g/mol. The van der Waals surface area contributed by atoms with Crippen LogP contribution in [0.3, 0.4) is 0 Å². The minimum atomic E-state index is 0.128. The lowest BCUT2D eigenvalue weighted by Crippen LogP contribution is -2.18. The molecular formula is C14H16BrNOS. The summed E-state index contributed by atoms with van der Waals surface area (Å²) in [4.78, 5) is 1.22. The zero-order chi connectivity index (χ0) is 13.0. The number of hydrogen-bond donors (Lipinski definition) is 1. The molecule has 0 aliphatic rings. The van der Waals surface area contributed by atoms with Gasteiger partial charge in [-0.2, -0.15) is 0 Å². The third-order valence-corrected chi connectivity index (χ3v) is 4.00. The highest BCUT2D eigenvalue weighted by Gasteiger charge is 2.10. The molecule has 1 aromatic heterocycles. The number of halogens is 1. The third-order valence-electron chi connectivity index (χ3n) is 2.53. The van der Waals surface area contributed by atoms with Crippen molar-refractivity contribution in [2.45, 2.75) is 26.0 Å². The molecule has 2 N–H and O–H groups in total. The number of benzene rings is 1. The SMILES string of the molecule is CC(N)Cc1cccc(Br)c1OCc1cccs1. The largest absolute Gasteiger partial charge is 0.487 e. The number of rotatable bonds is 5. The molecule has 0 aliphatic heterocycles. The summed E-state index contributed by atoms with van der Waals surface area (Å²) in [5.41, 5.74) is 7.01. The molecule has 96 valence electrons. The summed E-state index contributed by atoms with van der Waals surface area (Å²) >= 11 is 5.24. The molecule has 0 saturated heterocycles. The molecule has 4 heteroatoms. The molecule has 2 nitrogen and oxygen atoms in total. The number of para-hydroxylation sites is 1. The minimum Gasteiger partial charge on any atom is -0.487 e. The van der Waals surface area contributed by atoms with E-state index in [-0.39, 0.29) is 6.04 Å². The first-order chi connectivity index (χ1) is 8.66. The highest BCUT2D eigenvalue weighted by Crippen LogP contribution is 2.30. The van der Waals surface area contributed by atoms with Crippen molar-refractivity contribution in [3.8, 4) is 5.75 Å². The molecule has 1 aromatic carbocycles. The van der Waals surface area contributed by atoms with Gasteiger partial charge in [-0.15, -0.1) is 11.3 Å². The smallest absolute Gasteiger partial charge is 0.137 e. The lowest BCUT2D eigenvalue weighted by atomic mass is 10.1. The van der Waals surface area contributed by atoms with Crippen LogP contribution in [0.1, 0.15) is 17.4 Å². The molecule has 1 unspecified atom stereocenters. The second-order valence-corrected chi connectivity index (χ2v) is 6.16. The van der Waals surface area contributed by atoms with E-state index in [9.17, 15) is 0 Å². The van der Waals surface area contributed by atoms with Gasteiger partial charge in [0.05, 0.1) is 4.47 Å². The zero-order valence-electron chi connectivity index (χ0n) is 10.2. The Morgan fingerprint density at radius 1 is 1.33 bits per heavy atom. The fourth-order valence-electron chi connectivity index (χ4n) is 1.76. The Bertz CT molecular complexity index is 497. The third kappa shape index (κ3) is 3.57. The normalized spacial score (nSPS) is 12.4. The lowest BCUT2D eigenvalue weighted by Gasteiger charge is -2.14. The van der Waals surface area contributed by atoms with Gasteiger partial charge in [-0.05, 0) is 52.4 Å². The second kappa shape index (κ2) is 6.36. The number of hydrogen-bond acceptors (Lipinski definition) is 3. The first-order valence-corrected chi connectivity index (χ1v) is 7.52. The molecule has 1 heterocycles. The van der Waals surface area contributed by atoms with Crippen molar-refractivity contribution in [1.29, 1.82) is 0 Å². The Morgan fingerprint density at radius 3 is 2.83 bits per heavy atom. The number of thiophene rings is 1. The maximum atomic E-state index is 5.92. The molecule has 0 bridgehead atoms. The van der Waals surface area contributed by atoms with Gasteiger partial charge in [-0.25, -0.2) is 0 Å². The van der Waals surface area contributed by atoms with Gasteiger partial charge in [0, 0.05) is 10.9 Å². The number of ether oxygens (including phenoxy) is 1. The average Bonchev–Trinajstić information content (AvgIpc) is 2.80. The Hall–Kier alpha value is -0.840. The van der Waals surface area contributed by atoms with Crippen molar-refractivity contribution in [2.75, 3.05) is 0 Å². The molecule has 2 aromatic rings. The van der Waals surface area contributed by atoms with Crippen LogP contribution in [0.4, 0.5) is 0 Å². The highest BCUT2D eigenvalue weighted by molar-refractivity contribution is 9.10. The standard InChI is InChI=1S/C14H16BrNOS/c1-10(16)8-11-4-2-6-13(15)14(11)17-9-12-5-3-7-18-12/h2-7,10H,8-9,16H2,1H3. The fraction of sp³-hybridized carbons (Fsp3) is 0.286. The van der Waals surface area contributed by atoms with Crippen molar-refractivity contribution in [2.24, 2.45) is 5.73 Å². The maximum absolute atomic E-state index is 5.92. The minimum absolute atomic E-state index is 0.128. The summed E-state index contributed by atoms with van der Waals surface area (Å²) in [7, 11) is 0. The van der Waals surface area contributed by atoms with Crippen molar-refractivity contribution in [3.63, 3.8) is 0 Å². The molecular weight excluding hydrogens is 310 g/mol. The van der Waals surface area contributed by atoms with Crippen LogP contribution in [-0.4, -0.2) is 6.04 Å². The van der Waals surface area contributed by atoms with Crippen molar-refractivity contribution in [3.05, 3.63) is 50.6 Å². The molecule has 0 radical (unpaired) electrons. The van der Waals surface area contributed by atoms with Crippen molar-refractivity contribution in [1.82, 2.24) is 0 Å². The summed E-state index contributed by atoms with van der Waals surface area (Å²) in [6, 6.07) is 10.3. The van der Waals surface area contributed by atoms with E-state index in [4.69, 9.17) is 10.5 Å². The van der Waals surface area contributed by atoms with E-state index in [0.717, 1.165) is 22.2 Å². The quantitative estimate of drug-likeness (QED) is 0.902. The van der Waals surface area contributed by atoms with Crippen molar-refractivity contribution < 1.29 is 4.74 Å². The van der Waals surface area contributed by atoms with E-state index in [0.29, 0.717) is 6.61 Å². The molecule has 0 amide bonds. The van der Waals surface area contributed by atoms with Gasteiger partial charge >= 0.3 is 0 Å². The summed E-state index contributed by atoms with van der Waals surface area (Å²) in [5, 5.41) is 2.06. The van der Waals surface area contributed by atoms with Gasteiger partial charge in [-0.1, -0.05) is 18.2 Å². The number of nitrogens with two attached hydrogens (primary N) is 1. The van der Waals surface area contributed by atoms with Crippen LogP contribution in [0.5, 0.6) is 5.75 Å². The van der Waals surface area contributed by atoms with Crippen LogP contribution < -0.4 is 10.5 Å². The van der Waals surface area contributed by atoms with Crippen LogP contribution in [0, 0.1) is 0 Å². The van der Waals surface area contributed by atoms with Gasteiger partial charge in [0.1, 0.15) is 12.4 Å². The Balaban J connectivity index is 2.14. The Labute approximate surface area is 120 Å². The summed E-state index contributed by atoms with van der Waals surface area (Å²) in [6.07, 6.45) is 0.819. The first-order valence-electron chi connectivity index (χ1n) is 5.85. The second-order valence-electron chi connectivity index (χ2n) is 4.28. The highest BCUT2D eigenvalue weighted by atomic mass is 79.9. The lowest BCUT2D eigenvalue weighted by molar-refractivity contribution is 0.304. The van der Waals surface area contributed by atoms with Gasteiger partial charge in [-0.3, -0.25) is 0 Å². The van der Waals surface area contributed by atoms with Crippen LogP contribution in [0.15, 0.2) is 40.2 Å². The van der Waals surface area contributed by atoms with E-state index in [1.165, 1.54) is 4.88 Å². The van der Waals surface area contributed by atoms with Crippen LogP contribution >= 0.6 is 27.3 Å². The molecule has 1 atom stereocenters. The van der Waals surface area contributed by atoms with E-state index >= 15 is 0 Å². The van der Waals surface area contributed by atoms with Gasteiger partial charge in [0.2, 0.25) is 0 Å². The molecule has 2 rings (SSSR count). The molecule has 0 fully saturated rings. The summed E-state index contributed by atoms with van der Waals surface area (Å²) in [5.74, 6) is 0.906. The van der Waals surface area contributed by atoms with Crippen LogP contribution in [-0.2, 0) is 13.0 Å². The average molecular weight is 326 g/mol. The predicted molar refractivity (Wildman–Crippen MR) is 80.1 cm³/mol. The zero-order valence-corrected chi connectivity index (χ0v) is 12.6. The van der Waals surface area contributed by atoms with Gasteiger partial charge in [0.15, 0.2) is 0 Å². The molecule has 18 heavy (non-hydrogen) atoms. The van der Waals surface area contributed by atoms with Gasteiger partial charge < -0.3 is 10.5 Å². The van der Waals surface area contributed by atoms with Gasteiger partial charge in [0.25, 0.3) is 0 Å². The first kappa shape index (κ1) is 13.6. The van der Waals surface area contributed by atoms with Crippen molar-refractivity contribution >= 4 is 27.3 Å². The molecule has 0 spiro atoms. The molecule has 0 aliphatic carbocycles. The molecule has 0 saturated carbocycles.